The van der Waals surface area contributed by atoms with Crippen molar-refractivity contribution < 1.29 is 15.0 Å². The minimum absolute atomic E-state index is 0.0804. The number of nitrogens with zero attached hydrogens (tertiary/aromatic N) is 5. The lowest BCUT2D eigenvalue weighted by Gasteiger charge is -2.28. The van der Waals surface area contributed by atoms with E-state index in [9.17, 15) is 15.0 Å². The second-order valence-electron chi connectivity index (χ2n) is 11.0. The average molecular weight is 571 g/mol. The topological polar surface area (TPSA) is 140 Å². The van der Waals surface area contributed by atoms with E-state index >= 15 is 0 Å². The number of benzene rings is 2. The summed E-state index contributed by atoms with van der Waals surface area (Å²) in [6, 6.07) is 19.7. The third kappa shape index (κ3) is 5.67. The Labute approximate surface area is 245 Å². The van der Waals surface area contributed by atoms with Gasteiger partial charge in [0.05, 0.1) is 18.4 Å². The van der Waals surface area contributed by atoms with Crippen LogP contribution in [0.25, 0.3) is 11.2 Å². The number of amides is 1. The van der Waals surface area contributed by atoms with Crippen LogP contribution in [0, 0.1) is 0 Å². The van der Waals surface area contributed by atoms with Crippen molar-refractivity contribution in [2.45, 2.75) is 50.0 Å². The van der Waals surface area contributed by atoms with Crippen LogP contribution in [-0.4, -0.2) is 86.6 Å². The third-order valence-electron chi connectivity index (χ3n) is 8.36. The molecule has 2 aromatic heterocycles. The third-order valence-corrected chi connectivity index (χ3v) is 8.36. The zero-order chi connectivity index (χ0) is 29.1. The van der Waals surface area contributed by atoms with E-state index in [4.69, 9.17) is 15.0 Å². The van der Waals surface area contributed by atoms with Gasteiger partial charge in [-0.2, -0.15) is 9.97 Å². The number of nitrogens with one attached hydrogen (secondary N) is 3. The molecule has 1 aliphatic carbocycles. The first-order chi connectivity index (χ1) is 20.5. The zero-order valence-electron chi connectivity index (χ0n) is 23.7. The zero-order valence-corrected chi connectivity index (χ0v) is 23.7. The molecule has 0 unspecified atom stereocenters. The summed E-state index contributed by atoms with van der Waals surface area (Å²) in [5, 5.41) is 31.6. The number of hydrogen-bond acceptors (Lipinski definition) is 9. The molecule has 3 heterocycles. The van der Waals surface area contributed by atoms with Gasteiger partial charge in [-0.05, 0) is 17.5 Å². The maximum Gasteiger partial charge on any atom is 0.229 e. The van der Waals surface area contributed by atoms with Crippen molar-refractivity contribution in [2.24, 2.45) is 0 Å². The van der Waals surface area contributed by atoms with Crippen LogP contribution in [0.1, 0.15) is 42.9 Å². The predicted octanol–water partition coefficient (Wildman–Crippen LogP) is 2.04. The van der Waals surface area contributed by atoms with Crippen molar-refractivity contribution in [1.29, 1.82) is 0 Å². The van der Waals surface area contributed by atoms with Gasteiger partial charge in [0, 0.05) is 45.1 Å². The Hall–Kier alpha value is -4.06. The Morgan fingerprint density at radius 3 is 2.31 bits per heavy atom. The summed E-state index contributed by atoms with van der Waals surface area (Å²) in [6.07, 6.45) is 0.148. The highest BCUT2D eigenvalue weighted by atomic mass is 16.3. The Balaban J connectivity index is 1.36. The quantitative estimate of drug-likeness (QED) is 0.204. The summed E-state index contributed by atoms with van der Waals surface area (Å²) >= 11 is 0. The first kappa shape index (κ1) is 28.1. The molecule has 42 heavy (non-hydrogen) atoms. The maximum absolute atomic E-state index is 12.1. The van der Waals surface area contributed by atoms with Gasteiger partial charge in [-0.3, -0.25) is 4.79 Å². The molecule has 220 valence electrons. The number of rotatable bonds is 9. The largest absolute Gasteiger partial charge is 0.388 e. The molecule has 1 amide bonds. The van der Waals surface area contributed by atoms with E-state index in [1.54, 1.807) is 13.3 Å². The highest BCUT2D eigenvalue weighted by Crippen LogP contribution is 2.35. The number of anilines is 2. The molecule has 1 saturated heterocycles. The summed E-state index contributed by atoms with van der Waals surface area (Å²) in [5.74, 6) is 1.13. The van der Waals surface area contributed by atoms with Gasteiger partial charge < -0.3 is 35.6 Å². The number of carbonyl (C=O) groups excluding carboxylic acids is 1. The van der Waals surface area contributed by atoms with Crippen molar-refractivity contribution in [3.63, 3.8) is 0 Å². The van der Waals surface area contributed by atoms with Crippen molar-refractivity contribution in [1.82, 2.24) is 30.2 Å². The number of aliphatic hydroxyl groups is 2. The summed E-state index contributed by atoms with van der Waals surface area (Å²) in [6.45, 7) is 5.55. The van der Waals surface area contributed by atoms with Crippen LogP contribution in [0.3, 0.4) is 0 Å². The lowest BCUT2D eigenvalue weighted by atomic mass is 9.91. The minimum Gasteiger partial charge on any atom is -0.388 e. The molecule has 0 radical (unpaired) electrons. The van der Waals surface area contributed by atoms with Crippen molar-refractivity contribution in [2.75, 3.05) is 42.9 Å². The molecule has 2 aromatic carbocycles. The number of hydrogen-bond donors (Lipinski definition) is 5. The van der Waals surface area contributed by atoms with E-state index < -0.39 is 24.3 Å². The molecule has 5 N–H and O–H groups in total. The maximum atomic E-state index is 12.1. The van der Waals surface area contributed by atoms with Crippen molar-refractivity contribution in [3.05, 3.63) is 78.1 Å². The van der Waals surface area contributed by atoms with Crippen LogP contribution in [0.4, 0.5) is 11.8 Å². The normalized spacial score (nSPS) is 22.5. The number of aliphatic hydroxyl groups excluding tert-OH is 2. The predicted molar refractivity (Wildman–Crippen MR) is 162 cm³/mol. The smallest absolute Gasteiger partial charge is 0.229 e. The standard InChI is InChI=1S/C31H38N8O3/c1-2-25(40)35-23-17-24(28(42)27(23)41)39-19-34-26-29(36-31(37-30(26)39)38-15-13-32-14-16-38)33-18-22(20-9-5-3-6-10-20)21-11-7-4-8-12-21/h3-12,19,22-24,27-28,32,41-42H,2,13-18H2,1H3,(H,35,40)(H,33,36,37)/t23-,24+,27+,28-/m0/s1. The highest BCUT2D eigenvalue weighted by Gasteiger charge is 2.43. The van der Waals surface area contributed by atoms with E-state index in [2.05, 4.69) is 69.4 Å². The van der Waals surface area contributed by atoms with Crippen LogP contribution in [0.5, 0.6) is 0 Å². The van der Waals surface area contributed by atoms with Gasteiger partial charge in [-0.25, -0.2) is 4.98 Å². The Kier molecular flexibility index (Phi) is 8.31. The molecule has 2 aliphatic rings. The van der Waals surface area contributed by atoms with Gasteiger partial charge in [0.25, 0.3) is 0 Å². The number of fused-ring (bicyclic) bond motifs is 1. The minimum atomic E-state index is -1.09. The van der Waals surface area contributed by atoms with E-state index in [-0.39, 0.29) is 11.8 Å². The van der Waals surface area contributed by atoms with Gasteiger partial charge in [0.1, 0.15) is 12.2 Å². The number of aromatic nitrogens is 4. The summed E-state index contributed by atoms with van der Waals surface area (Å²) in [7, 11) is 0. The molecule has 4 aromatic rings. The number of piperazine rings is 1. The Morgan fingerprint density at radius 1 is 1.00 bits per heavy atom. The van der Waals surface area contributed by atoms with E-state index in [1.807, 2.05) is 16.7 Å². The lowest BCUT2D eigenvalue weighted by Crippen LogP contribution is -2.44. The Morgan fingerprint density at radius 2 is 1.67 bits per heavy atom. The average Bonchev–Trinajstić information content (AvgIpc) is 3.58. The van der Waals surface area contributed by atoms with Crippen LogP contribution in [0.15, 0.2) is 67.0 Å². The Bertz CT molecular complexity index is 1450. The second kappa shape index (κ2) is 12.4. The number of carbonyl (C=O) groups is 1. The molecular weight excluding hydrogens is 532 g/mol. The van der Waals surface area contributed by atoms with Crippen LogP contribution in [-0.2, 0) is 4.79 Å². The number of imidazole rings is 1. The molecule has 0 spiro atoms. The van der Waals surface area contributed by atoms with Gasteiger partial charge in [-0.15, -0.1) is 0 Å². The molecule has 11 heteroatoms. The van der Waals surface area contributed by atoms with Gasteiger partial charge in [0.15, 0.2) is 17.0 Å². The van der Waals surface area contributed by atoms with Gasteiger partial charge in [-0.1, -0.05) is 67.6 Å². The second-order valence-corrected chi connectivity index (χ2v) is 11.0. The molecule has 6 rings (SSSR count). The fraction of sp³-hybridized carbons (Fsp3) is 0.419. The first-order valence-corrected chi connectivity index (χ1v) is 14.7. The van der Waals surface area contributed by atoms with Gasteiger partial charge in [0.2, 0.25) is 11.9 Å². The molecule has 0 bridgehead atoms. The molecule has 1 aliphatic heterocycles. The summed E-state index contributed by atoms with van der Waals surface area (Å²) < 4.78 is 1.83. The highest BCUT2D eigenvalue weighted by molar-refractivity contribution is 5.84. The fourth-order valence-corrected chi connectivity index (χ4v) is 6.01. The van der Waals surface area contributed by atoms with Crippen molar-refractivity contribution >= 4 is 28.8 Å². The lowest BCUT2D eigenvalue weighted by molar-refractivity contribution is -0.122. The first-order valence-electron chi connectivity index (χ1n) is 14.7. The summed E-state index contributed by atoms with van der Waals surface area (Å²) in [5.41, 5.74) is 3.56. The molecule has 11 nitrogen and oxygen atoms in total. The molecule has 4 atom stereocenters. The van der Waals surface area contributed by atoms with E-state index in [0.29, 0.717) is 42.3 Å². The van der Waals surface area contributed by atoms with Crippen LogP contribution in [0.2, 0.25) is 0 Å². The van der Waals surface area contributed by atoms with E-state index in [1.165, 1.54) is 11.1 Å². The van der Waals surface area contributed by atoms with Crippen LogP contribution < -0.4 is 20.9 Å². The fourth-order valence-electron chi connectivity index (χ4n) is 6.01. The molecule has 1 saturated carbocycles. The van der Waals surface area contributed by atoms with Gasteiger partial charge >= 0.3 is 0 Å². The van der Waals surface area contributed by atoms with Crippen molar-refractivity contribution in [3.8, 4) is 0 Å². The molecule has 2 fully saturated rings. The summed E-state index contributed by atoms with van der Waals surface area (Å²) in [4.78, 5) is 28.8. The van der Waals surface area contributed by atoms with E-state index in [0.717, 1.165) is 26.2 Å². The monoisotopic (exact) mass is 570 g/mol. The van der Waals surface area contributed by atoms with Crippen LogP contribution >= 0.6 is 0 Å². The molecular formula is C31H38N8O3. The SMILES string of the molecule is CCC(=O)N[C@H]1C[C@@H](n2cnc3c(NCC(c4ccccc4)c4ccccc4)nc(N4CCNCC4)nc32)[C@H](O)[C@@H]1O.